The molecule has 0 atom stereocenters. The second-order valence-electron chi connectivity index (χ2n) is 2.86. The van der Waals surface area contributed by atoms with Crippen molar-refractivity contribution in [1.82, 2.24) is 4.98 Å². The zero-order chi connectivity index (χ0) is 10.6. The van der Waals surface area contributed by atoms with E-state index in [1.54, 1.807) is 0 Å². The van der Waals surface area contributed by atoms with Gasteiger partial charge in [0.05, 0.1) is 0 Å². The van der Waals surface area contributed by atoms with E-state index in [0.717, 1.165) is 0 Å². The Morgan fingerprint density at radius 1 is 1.79 bits per heavy atom. The Balaban J connectivity index is 2.68. The summed E-state index contributed by atoms with van der Waals surface area (Å²) in [6, 6.07) is 0. The molecule has 0 bridgehead atoms. The van der Waals surface area contributed by atoms with E-state index in [1.807, 2.05) is 18.8 Å². The number of nitrogens with one attached hydrogen (secondary N) is 1. The van der Waals surface area contributed by atoms with Gasteiger partial charge in [-0.3, -0.25) is 0 Å². The van der Waals surface area contributed by atoms with Crippen LogP contribution in [-0.4, -0.2) is 30.6 Å². The van der Waals surface area contributed by atoms with Gasteiger partial charge in [-0.1, -0.05) is 0 Å². The first-order valence-electron chi connectivity index (χ1n) is 3.97. The van der Waals surface area contributed by atoms with Crippen molar-refractivity contribution in [2.45, 2.75) is 13.8 Å². The molecular formula is C8H9N3OSSe. The number of hydrogen-bond acceptors (Lipinski definition) is 4. The van der Waals surface area contributed by atoms with Crippen molar-refractivity contribution in [3.8, 4) is 0 Å². The summed E-state index contributed by atoms with van der Waals surface area (Å²) in [7, 11) is 0. The molecule has 1 aromatic rings. The van der Waals surface area contributed by atoms with E-state index in [-0.39, 0.29) is 26.3 Å². The van der Waals surface area contributed by atoms with E-state index >= 15 is 0 Å². The van der Waals surface area contributed by atoms with Gasteiger partial charge < -0.3 is 0 Å². The molecule has 0 spiro atoms. The van der Waals surface area contributed by atoms with Gasteiger partial charge >= 0.3 is 93.1 Å². The van der Waals surface area contributed by atoms with Crippen LogP contribution in [0.1, 0.15) is 13.8 Å². The van der Waals surface area contributed by atoms with Gasteiger partial charge in [-0.25, -0.2) is 0 Å². The van der Waals surface area contributed by atoms with Crippen molar-refractivity contribution in [3.63, 3.8) is 0 Å². The Bertz CT molecular complexity index is 382. The second-order valence-corrected chi connectivity index (χ2v) is 4.84. The maximum atomic E-state index is 11.3. The van der Waals surface area contributed by atoms with Gasteiger partial charge in [-0.05, 0) is 0 Å². The number of nitrogens with zero attached hydrogens (tertiary/aromatic N) is 2. The number of aliphatic imine (C=N–C) groups is 1. The molecule has 4 nitrogen and oxygen atoms in total. The predicted octanol–water partition coefficient (Wildman–Crippen LogP) is 1.47. The third-order valence-corrected chi connectivity index (χ3v) is 3.06. The number of carbonyl (C=O) groups is 1. The van der Waals surface area contributed by atoms with Crippen LogP contribution in [0.4, 0.5) is 10.5 Å². The standard InChI is InChI=1S/C8H9N3OSSe/c1-5(2)7(12)11-8-10-6(3-14-8)9-4-13/h3,5H,1-2H3,(H,10,11,12). The minimum absolute atomic E-state index is 0.0217. The molecule has 0 aliphatic heterocycles. The molecule has 0 aliphatic carbocycles. The summed E-state index contributed by atoms with van der Waals surface area (Å²) in [5, 5.41) is 4.97. The molecule has 0 radical (unpaired) electrons. The summed E-state index contributed by atoms with van der Waals surface area (Å²) in [6.45, 7) is 3.67. The van der Waals surface area contributed by atoms with E-state index in [9.17, 15) is 4.79 Å². The Kier molecular flexibility index (Phi) is 4.17. The first kappa shape index (κ1) is 11.3. The quantitative estimate of drug-likeness (QED) is 0.516. The molecule has 0 saturated heterocycles. The third-order valence-electron chi connectivity index (χ3n) is 1.41. The van der Waals surface area contributed by atoms with Crippen LogP contribution >= 0.6 is 12.2 Å². The Morgan fingerprint density at radius 2 is 2.50 bits per heavy atom. The van der Waals surface area contributed by atoms with E-state index < -0.39 is 0 Å². The molecule has 0 unspecified atom stereocenters. The zero-order valence-electron chi connectivity index (χ0n) is 7.77. The van der Waals surface area contributed by atoms with Gasteiger partial charge in [0.1, 0.15) is 0 Å². The topological polar surface area (TPSA) is 54.4 Å². The molecule has 0 fully saturated rings. The number of anilines is 1. The maximum absolute atomic E-state index is 11.3. The number of amides is 1. The van der Waals surface area contributed by atoms with E-state index in [0.29, 0.717) is 10.5 Å². The molecule has 1 heterocycles. The van der Waals surface area contributed by atoms with Crippen LogP contribution in [-0.2, 0) is 4.79 Å². The zero-order valence-corrected chi connectivity index (χ0v) is 10.3. The first-order valence-corrected chi connectivity index (χ1v) is 6.23. The van der Waals surface area contributed by atoms with E-state index in [2.05, 4.69) is 32.7 Å². The summed E-state index contributed by atoms with van der Waals surface area (Å²) in [5.41, 5.74) is 0. The van der Waals surface area contributed by atoms with Crippen LogP contribution in [0.3, 0.4) is 0 Å². The third kappa shape index (κ3) is 3.16. The van der Waals surface area contributed by atoms with Crippen LogP contribution in [0.15, 0.2) is 9.93 Å². The Labute approximate surface area is 93.2 Å². The molecule has 14 heavy (non-hydrogen) atoms. The van der Waals surface area contributed by atoms with Gasteiger partial charge in [0, 0.05) is 0 Å². The average molecular weight is 274 g/mol. The molecule has 1 rings (SSSR count). The Hall–Kier alpha value is -0.801. The van der Waals surface area contributed by atoms with Crippen molar-refractivity contribution in [3.05, 3.63) is 4.94 Å². The fourth-order valence-corrected chi connectivity index (χ4v) is 2.08. The second kappa shape index (κ2) is 5.17. The Morgan fingerprint density at radius 3 is 3.07 bits per heavy atom. The van der Waals surface area contributed by atoms with E-state index in [4.69, 9.17) is 0 Å². The SMILES string of the molecule is CC(C)C(=O)Nc1nc(N=C=S)c[se]1. The van der Waals surface area contributed by atoms with Crippen LogP contribution in [0.25, 0.3) is 0 Å². The normalized spacial score (nSPS) is 9.64. The number of aromatic nitrogens is 1. The number of thiocarbonyl (C=S) groups is 1. The van der Waals surface area contributed by atoms with Crippen molar-refractivity contribution in [2.24, 2.45) is 10.9 Å². The molecule has 1 N–H and O–H groups in total. The molecule has 0 aliphatic rings. The number of rotatable bonds is 3. The summed E-state index contributed by atoms with van der Waals surface area (Å²) in [4.78, 5) is 20.9. The molecular weight excluding hydrogens is 265 g/mol. The van der Waals surface area contributed by atoms with Gasteiger partial charge in [-0.2, -0.15) is 0 Å². The van der Waals surface area contributed by atoms with Crippen molar-refractivity contribution >= 4 is 48.3 Å². The first-order chi connectivity index (χ1) is 6.63. The molecule has 6 heteroatoms. The number of carbonyl (C=O) groups excluding carboxylic acids is 1. The van der Waals surface area contributed by atoms with Crippen LogP contribution in [0.2, 0.25) is 0 Å². The minimum atomic E-state index is -0.0356. The van der Waals surface area contributed by atoms with Gasteiger partial charge in [-0.15, -0.1) is 0 Å². The summed E-state index contributed by atoms with van der Waals surface area (Å²) in [5.74, 6) is 0.484. The van der Waals surface area contributed by atoms with Crippen LogP contribution < -0.4 is 5.32 Å². The fraction of sp³-hybridized carbons (Fsp3) is 0.375. The van der Waals surface area contributed by atoms with Crippen molar-refractivity contribution in [1.29, 1.82) is 0 Å². The molecule has 1 aromatic heterocycles. The van der Waals surface area contributed by atoms with Crippen molar-refractivity contribution in [2.75, 3.05) is 5.32 Å². The number of isothiocyanates is 1. The van der Waals surface area contributed by atoms with Gasteiger partial charge in [0.25, 0.3) is 0 Å². The molecule has 0 aromatic carbocycles. The fourth-order valence-electron chi connectivity index (χ4n) is 0.671. The van der Waals surface area contributed by atoms with Gasteiger partial charge in [0.15, 0.2) is 0 Å². The molecule has 1 amide bonds. The van der Waals surface area contributed by atoms with Crippen LogP contribution in [0.5, 0.6) is 0 Å². The number of hydrogen-bond donors (Lipinski definition) is 1. The van der Waals surface area contributed by atoms with E-state index in [1.165, 1.54) is 0 Å². The van der Waals surface area contributed by atoms with Crippen LogP contribution in [0, 0.1) is 5.92 Å². The average Bonchev–Trinajstić information content (AvgIpc) is 2.53. The molecule has 74 valence electrons. The summed E-state index contributed by atoms with van der Waals surface area (Å²) < 4.78 is 0.681. The van der Waals surface area contributed by atoms with Gasteiger partial charge in [0.2, 0.25) is 0 Å². The monoisotopic (exact) mass is 275 g/mol. The molecule has 0 saturated carbocycles. The summed E-state index contributed by atoms with van der Waals surface area (Å²) in [6.07, 6.45) is 0. The predicted molar refractivity (Wildman–Crippen MR) is 59.3 cm³/mol. The van der Waals surface area contributed by atoms with Crippen molar-refractivity contribution < 1.29 is 4.79 Å². The summed E-state index contributed by atoms with van der Waals surface area (Å²) >= 11 is 4.50.